The molecule has 7 heteroatoms. The Hall–Kier alpha value is -2.90. The van der Waals surface area contributed by atoms with Crippen LogP contribution in [0.2, 0.25) is 0 Å². The third-order valence-corrected chi connectivity index (χ3v) is 7.27. The first-order valence-electron chi connectivity index (χ1n) is 11.7. The van der Waals surface area contributed by atoms with Crippen LogP contribution in [0.3, 0.4) is 0 Å². The number of aromatic nitrogens is 2. The molecule has 4 heterocycles. The number of aromatic hydroxyl groups is 1. The van der Waals surface area contributed by atoms with Gasteiger partial charge < -0.3 is 20.5 Å². The van der Waals surface area contributed by atoms with Crippen LogP contribution in [0, 0.1) is 0 Å². The molecular weight excluding hydrogens is 416 g/mol. The van der Waals surface area contributed by atoms with Crippen molar-refractivity contribution in [3.63, 3.8) is 0 Å². The number of aliphatic hydroxyl groups is 1. The maximum absolute atomic E-state index is 11.4. The fourth-order valence-electron chi connectivity index (χ4n) is 5.91. The standard InChI is InChI=1S/C26H32N4O3/c1-26(2,33)15-30-18-4-5-19(30)13-17(12-18)20-7-9-28-25-21(20)8-10-29(25)14-16-3-6-22(24(27)32)23(31)11-16/h3,6-11,17-19,31,33H,4-5,12-15H2,1-2H3,(H2,27,32). The van der Waals surface area contributed by atoms with Crippen molar-refractivity contribution in [1.82, 2.24) is 14.5 Å². The number of benzene rings is 1. The normalized spacial score (nSPS) is 23.3. The van der Waals surface area contributed by atoms with Crippen LogP contribution in [0.5, 0.6) is 5.75 Å². The van der Waals surface area contributed by atoms with Gasteiger partial charge in [-0.1, -0.05) is 6.07 Å². The predicted octanol–water partition coefficient (Wildman–Crippen LogP) is 3.37. The summed E-state index contributed by atoms with van der Waals surface area (Å²) in [5.41, 5.74) is 7.91. The van der Waals surface area contributed by atoms with Crippen LogP contribution in [0.15, 0.2) is 42.7 Å². The summed E-state index contributed by atoms with van der Waals surface area (Å²) in [6.45, 7) is 5.07. The smallest absolute Gasteiger partial charge is 0.252 e. The van der Waals surface area contributed by atoms with Crippen LogP contribution in [-0.2, 0) is 6.54 Å². The summed E-state index contributed by atoms with van der Waals surface area (Å²) in [5.74, 6) is -0.251. The summed E-state index contributed by atoms with van der Waals surface area (Å²) in [7, 11) is 0. The first-order chi connectivity index (χ1) is 15.7. The monoisotopic (exact) mass is 448 g/mol. The molecule has 0 spiro atoms. The minimum atomic E-state index is -0.668. The number of fused-ring (bicyclic) bond motifs is 3. The lowest BCUT2D eigenvalue weighted by molar-refractivity contribution is 0.00299. The number of hydrogen-bond donors (Lipinski definition) is 3. The van der Waals surface area contributed by atoms with Crippen LogP contribution in [0.25, 0.3) is 11.0 Å². The number of hydrogen-bond acceptors (Lipinski definition) is 5. The van der Waals surface area contributed by atoms with Gasteiger partial charge in [0.25, 0.3) is 5.91 Å². The summed E-state index contributed by atoms with van der Waals surface area (Å²) in [5, 5.41) is 21.6. The van der Waals surface area contributed by atoms with E-state index in [1.165, 1.54) is 23.8 Å². The molecular formula is C26H32N4O3. The number of rotatable bonds is 6. The van der Waals surface area contributed by atoms with Crippen molar-refractivity contribution >= 4 is 16.9 Å². The Morgan fingerprint density at radius 2 is 1.91 bits per heavy atom. The highest BCUT2D eigenvalue weighted by atomic mass is 16.3. The van der Waals surface area contributed by atoms with Gasteiger partial charge in [-0.25, -0.2) is 4.98 Å². The lowest BCUT2D eigenvalue weighted by Gasteiger charge is -2.41. The molecule has 0 radical (unpaired) electrons. The molecule has 4 N–H and O–H groups in total. The van der Waals surface area contributed by atoms with Gasteiger partial charge >= 0.3 is 0 Å². The summed E-state index contributed by atoms with van der Waals surface area (Å²) >= 11 is 0. The van der Waals surface area contributed by atoms with Crippen molar-refractivity contribution in [3.8, 4) is 5.75 Å². The molecule has 1 aromatic carbocycles. The Labute approximate surface area is 193 Å². The Morgan fingerprint density at radius 3 is 2.55 bits per heavy atom. The summed E-state index contributed by atoms with van der Waals surface area (Å²) < 4.78 is 2.08. The van der Waals surface area contributed by atoms with Gasteiger partial charge in [-0.15, -0.1) is 0 Å². The summed E-state index contributed by atoms with van der Waals surface area (Å²) in [6.07, 6.45) is 8.57. The number of nitrogens with zero attached hydrogens (tertiary/aromatic N) is 3. The third-order valence-electron chi connectivity index (χ3n) is 7.27. The van der Waals surface area contributed by atoms with E-state index in [1.807, 2.05) is 32.3 Å². The number of piperidine rings is 1. The maximum Gasteiger partial charge on any atom is 0.252 e. The van der Waals surface area contributed by atoms with E-state index in [0.29, 0.717) is 24.5 Å². The van der Waals surface area contributed by atoms with Gasteiger partial charge in [-0.05, 0) is 80.8 Å². The molecule has 7 nitrogen and oxygen atoms in total. The van der Waals surface area contributed by atoms with Crippen LogP contribution in [-0.4, -0.2) is 54.8 Å². The minimum absolute atomic E-state index is 0.0987. The molecule has 2 unspecified atom stereocenters. The predicted molar refractivity (Wildman–Crippen MR) is 127 cm³/mol. The van der Waals surface area contributed by atoms with Crippen molar-refractivity contribution in [3.05, 3.63) is 59.4 Å². The maximum atomic E-state index is 11.4. The molecule has 3 aromatic rings. The number of carbonyl (C=O) groups excluding carboxylic acids is 1. The Bertz CT molecular complexity index is 1180. The Kier molecular flexibility index (Phi) is 5.41. The average Bonchev–Trinajstić information content (AvgIpc) is 3.22. The van der Waals surface area contributed by atoms with E-state index >= 15 is 0 Å². The largest absolute Gasteiger partial charge is 0.507 e. The molecule has 2 saturated heterocycles. The molecule has 0 aliphatic carbocycles. The van der Waals surface area contributed by atoms with E-state index in [2.05, 4.69) is 26.6 Å². The van der Waals surface area contributed by atoms with Crippen molar-refractivity contribution in [1.29, 1.82) is 0 Å². The third kappa shape index (κ3) is 4.23. The van der Waals surface area contributed by atoms with Crippen molar-refractivity contribution in [2.75, 3.05) is 6.54 Å². The molecule has 1 amide bonds. The highest BCUT2D eigenvalue weighted by Crippen LogP contribution is 2.45. The van der Waals surface area contributed by atoms with Gasteiger partial charge in [0.2, 0.25) is 0 Å². The summed E-state index contributed by atoms with van der Waals surface area (Å²) in [6, 6.07) is 10.3. The molecule has 2 aliphatic heterocycles. The lowest BCUT2D eigenvalue weighted by Crippen LogP contribution is -2.48. The van der Waals surface area contributed by atoms with E-state index in [-0.39, 0.29) is 11.3 Å². The zero-order valence-electron chi connectivity index (χ0n) is 19.2. The quantitative estimate of drug-likeness (QED) is 0.536. The first kappa shape index (κ1) is 21.9. The van der Waals surface area contributed by atoms with Crippen molar-refractivity contribution in [2.45, 2.75) is 69.7 Å². The molecule has 2 fully saturated rings. The van der Waals surface area contributed by atoms with Gasteiger partial charge in [0.05, 0.1) is 11.2 Å². The second kappa shape index (κ2) is 8.15. The van der Waals surface area contributed by atoms with Crippen molar-refractivity contribution < 1.29 is 15.0 Å². The number of phenols is 1. The first-order valence-corrected chi connectivity index (χ1v) is 11.7. The minimum Gasteiger partial charge on any atom is -0.507 e. The Morgan fingerprint density at radius 1 is 1.18 bits per heavy atom. The molecule has 0 saturated carbocycles. The van der Waals surface area contributed by atoms with Crippen LogP contribution in [0.4, 0.5) is 0 Å². The number of pyridine rings is 1. The van der Waals surface area contributed by atoms with E-state index in [1.54, 1.807) is 12.1 Å². The van der Waals surface area contributed by atoms with Gasteiger partial charge in [-0.3, -0.25) is 9.69 Å². The molecule has 2 aromatic heterocycles. The van der Waals surface area contributed by atoms with Crippen LogP contribution < -0.4 is 5.73 Å². The number of nitrogens with two attached hydrogens (primary N) is 1. The SMILES string of the molecule is CC(C)(O)CN1C2CCC1CC(c1ccnc3c1ccn3Cc1ccc(C(N)=O)c(O)c1)C2. The van der Waals surface area contributed by atoms with Crippen molar-refractivity contribution in [2.24, 2.45) is 5.73 Å². The van der Waals surface area contributed by atoms with Gasteiger partial charge in [0, 0.05) is 43.0 Å². The van der Waals surface area contributed by atoms with E-state index in [9.17, 15) is 15.0 Å². The fraction of sp³-hybridized carbons (Fsp3) is 0.462. The molecule has 33 heavy (non-hydrogen) atoms. The fourth-order valence-corrected chi connectivity index (χ4v) is 5.91. The summed E-state index contributed by atoms with van der Waals surface area (Å²) in [4.78, 5) is 18.6. The second-order valence-electron chi connectivity index (χ2n) is 10.3. The average molecular weight is 449 g/mol. The van der Waals surface area contributed by atoms with E-state index < -0.39 is 11.5 Å². The number of primary amides is 1. The van der Waals surface area contributed by atoms with E-state index in [4.69, 9.17) is 5.73 Å². The molecule has 2 aliphatic rings. The van der Waals surface area contributed by atoms with Crippen LogP contribution in [0.1, 0.15) is 66.9 Å². The number of carbonyl (C=O) groups is 1. The van der Waals surface area contributed by atoms with Crippen LogP contribution >= 0.6 is 0 Å². The number of amides is 1. The molecule has 5 rings (SSSR count). The molecule has 2 atom stereocenters. The van der Waals surface area contributed by atoms with Gasteiger partial charge in [0.15, 0.2) is 0 Å². The molecule has 2 bridgehead atoms. The highest BCUT2D eigenvalue weighted by molar-refractivity contribution is 5.95. The molecule has 174 valence electrons. The zero-order valence-corrected chi connectivity index (χ0v) is 19.2. The van der Waals surface area contributed by atoms with E-state index in [0.717, 1.165) is 30.6 Å². The van der Waals surface area contributed by atoms with Gasteiger partial charge in [-0.2, -0.15) is 0 Å². The second-order valence-corrected chi connectivity index (χ2v) is 10.3. The van der Waals surface area contributed by atoms with Gasteiger partial charge in [0.1, 0.15) is 11.4 Å². The topological polar surface area (TPSA) is 105 Å². The zero-order chi connectivity index (χ0) is 23.3. The highest BCUT2D eigenvalue weighted by Gasteiger charge is 2.42. The Balaban J connectivity index is 1.39. The lowest BCUT2D eigenvalue weighted by atomic mass is 9.83.